The minimum Gasteiger partial charge on any atom is -0.406 e. The Morgan fingerprint density at radius 1 is 1.21 bits per heavy atom. The molecule has 0 saturated carbocycles. The first-order chi connectivity index (χ1) is 17.7. The zero-order valence-electron chi connectivity index (χ0n) is 20.6. The van der Waals surface area contributed by atoms with E-state index in [4.69, 9.17) is 6.42 Å². The van der Waals surface area contributed by atoms with Crippen LogP contribution < -0.4 is 15.4 Å². The van der Waals surface area contributed by atoms with Crippen molar-refractivity contribution in [3.05, 3.63) is 59.7 Å². The number of likely N-dealkylation sites (tertiary alicyclic amines) is 1. The fourth-order valence-corrected chi connectivity index (χ4v) is 4.98. The van der Waals surface area contributed by atoms with Crippen LogP contribution in [0.15, 0.2) is 48.5 Å². The predicted molar refractivity (Wildman–Crippen MR) is 130 cm³/mol. The fraction of sp³-hybridized carbons (Fsp3) is 0.370. The maximum atomic E-state index is 14.8. The molecule has 1 fully saturated rings. The number of amides is 3. The van der Waals surface area contributed by atoms with Gasteiger partial charge in [0, 0.05) is 24.2 Å². The summed E-state index contributed by atoms with van der Waals surface area (Å²) in [6.45, 7) is 2.36. The Kier molecular flexibility index (Phi) is 6.86. The third-order valence-corrected chi connectivity index (χ3v) is 6.58. The summed E-state index contributed by atoms with van der Waals surface area (Å²) in [7, 11) is 0. The molecule has 0 radical (unpaired) electrons. The molecule has 3 amide bonds. The number of rotatable bonds is 6. The van der Waals surface area contributed by atoms with Crippen LogP contribution in [-0.4, -0.2) is 53.3 Å². The normalized spacial score (nSPS) is 21.4. The summed E-state index contributed by atoms with van der Waals surface area (Å²) in [5.74, 6) is -0.0307. The van der Waals surface area contributed by atoms with E-state index >= 15 is 0 Å². The van der Waals surface area contributed by atoms with Gasteiger partial charge in [0.2, 0.25) is 11.8 Å². The SMILES string of the molecule is C#C[C@@H]1C[C@@]2(CN1C(=O)C(CC(C)(C)F)NC(=O)c1cccc(OC(F)(F)F)c1)C(=O)Nc1ccccc12. The number of nitrogens with one attached hydrogen (secondary N) is 2. The Hall–Kier alpha value is -4.07. The van der Waals surface area contributed by atoms with Gasteiger partial charge in [0.15, 0.2) is 0 Å². The quantitative estimate of drug-likeness (QED) is 0.437. The summed E-state index contributed by atoms with van der Waals surface area (Å²) in [5, 5.41) is 5.24. The van der Waals surface area contributed by atoms with Gasteiger partial charge in [0.05, 0.1) is 11.5 Å². The number of benzene rings is 2. The minimum atomic E-state index is -4.97. The maximum Gasteiger partial charge on any atom is 0.573 e. The first kappa shape index (κ1) is 27.0. The van der Waals surface area contributed by atoms with Crippen LogP contribution in [0.25, 0.3) is 0 Å². The summed E-state index contributed by atoms with van der Waals surface area (Å²) < 4.78 is 56.4. The molecule has 11 heteroatoms. The lowest BCUT2D eigenvalue weighted by atomic mass is 9.79. The van der Waals surface area contributed by atoms with Crippen LogP contribution in [0, 0.1) is 12.3 Å². The molecule has 200 valence electrons. The molecule has 1 saturated heterocycles. The van der Waals surface area contributed by atoms with E-state index < -0.39 is 53.5 Å². The largest absolute Gasteiger partial charge is 0.573 e. The number of carbonyl (C=O) groups is 3. The molecule has 2 aromatic carbocycles. The second kappa shape index (κ2) is 9.67. The molecule has 3 atom stereocenters. The minimum absolute atomic E-state index is 0.0858. The van der Waals surface area contributed by atoms with E-state index in [1.807, 2.05) is 0 Å². The van der Waals surface area contributed by atoms with Crippen LogP contribution in [0.4, 0.5) is 23.2 Å². The van der Waals surface area contributed by atoms with Gasteiger partial charge in [-0.15, -0.1) is 19.6 Å². The highest BCUT2D eigenvalue weighted by Gasteiger charge is 2.56. The molecule has 0 bridgehead atoms. The summed E-state index contributed by atoms with van der Waals surface area (Å²) >= 11 is 0. The third-order valence-electron chi connectivity index (χ3n) is 6.58. The Labute approximate surface area is 216 Å². The lowest BCUT2D eigenvalue weighted by Crippen LogP contribution is -2.52. The molecule has 2 aliphatic heterocycles. The maximum absolute atomic E-state index is 14.8. The van der Waals surface area contributed by atoms with Crippen molar-refractivity contribution >= 4 is 23.4 Å². The smallest absolute Gasteiger partial charge is 0.406 e. The monoisotopic (exact) mass is 531 g/mol. The fourth-order valence-electron chi connectivity index (χ4n) is 4.98. The summed E-state index contributed by atoms with van der Waals surface area (Å²) in [6, 6.07) is 9.10. The van der Waals surface area contributed by atoms with Gasteiger partial charge < -0.3 is 20.3 Å². The lowest BCUT2D eigenvalue weighted by Gasteiger charge is -2.30. The van der Waals surface area contributed by atoms with Crippen LogP contribution in [0.2, 0.25) is 0 Å². The van der Waals surface area contributed by atoms with Gasteiger partial charge in [-0.2, -0.15) is 0 Å². The number of anilines is 1. The van der Waals surface area contributed by atoms with E-state index in [0.717, 1.165) is 12.1 Å². The number of terminal acetylenes is 1. The van der Waals surface area contributed by atoms with Crippen molar-refractivity contribution in [3.63, 3.8) is 0 Å². The Morgan fingerprint density at radius 3 is 2.58 bits per heavy atom. The zero-order valence-corrected chi connectivity index (χ0v) is 20.6. The molecule has 2 N–H and O–H groups in total. The topological polar surface area (TPSA) is 87.7 Å². The highest BCUT2D eigenvalue weighted by molar-refractivity contribution is 6.07. The van der Waals surface area contributed by atoms with Crippen LogP contribution in [0.3, 0.4) is 0 Å². The predicted octanol–water partition coefficient (Wildman–Crippen LogP) is 3.95. The van der Waals surface area contributed by atoms with Crippen LogP contribution >= 0.6 is 0 Å². The highest BCUT2D eigenvalue weighted by Crippen LogP contribution is 2.46. The average Bonchev–Trinajstić information content (AvgIpc) is 3.34. The van der Waals surface area contributed by atoms with E-state index in [1.54, 1.807) is 24.3 Å². The second-order valence-electron chi connectivity index (χ2n) is 9.96. The molecule has 2 heterocycles. The van der Waals surface area contributed by atoms with Crippen molar-refractivity contribution in [1.82, 2.24) is 10.2 Å². The van der Waals surface area contributed by atoms with Crippen molar-refractivity contribution in [1.29, 1.82) is 0 Å². The van der Waals surface area contributed by atoms with E-state index in [2.05, 4.69) is 21.3 Å². The first-order valence-corrected chi connectivity index (χ1v) is 11.8. The number of ether oxygens (including phenoxy) is 1. The molecule has 38 heavy (non-hydrogen) atoms. The van der Waals surface area contributed by atoms with Gasteiger partial charge in [-0.1, -0.05) is 30.2 Å². The highest BCUT2D eigenvalue weighted by atomic mass is 19.4. The van der Waals surface area contributed by atoms with Crippen LogP contribution in [0.1, 0.15) is 42.6 Å². The third kappa shape index (κ3) is 5.44. The van der Waals surface area contributed by atoms with Gasteiger partial charge in [-0.3, -0.25) is 14.4 Å². The summed E-state index contributed by atoms with van der Waals surface area (Å²) in [4.78, 5) is 41.0. The Morgan fingerprint density at radius 2 is 1.92 bits per heavy atom. The van der Waals surface area contributed by atoms with E-state index in [-0.39, 0.29) is 24.4 Å². The molecule has 1 spiro atoms. The van der Waals surface area contributed by atoms with E-state index in [9.17, 15) is 31.9 Å². The molecular weight excluding hydrogens is 506 g/mol. The first-order valence-electron chi connectivity index (χ1n) is 11.8. The number of hydrogen-bond donors (Lipinski definition) is 2. The number of para-hydroxylation sites is 1. The van der Waals surface area contributed by atoms with Crippen molar-refractivity contribution < 1.29 is 36.7 Å². The van der Waals surface area contributed by atoms with Crippen molar-refractivity contribution in [2.24, 2.45) is 0 Å². The molecular formula is C27H25F4N3O4. The number of nitrogens with zero attached hydrogens (tertiary/aromatic N) is 1. The van der Waals surface area contributed by atoms with Gasteiger partial charge in [-0.25, -0.2) is 4.39 Å². The molecule has 2 aliphatic rings. The number of fused-ring (bicyclic) bond motifs is 2. The molecule has 0 aromatic heterocycles. The van der Waals surface area contributed by atoms with Crippen LogP contribution in [-0.2, 0) is 15.0 Å². The van der Waals surface area contributed by atoms with Crippen molar-refractivity contribution in [2.75, 3.05) is 11.9 Å². The molecule has 0 aliphatic carbocycles. The van der Waals surface area contributed by atoms with Gasteiger partial charge in [0.25, 0.3) is 5.91 Å². The van der Waals surface area contributed by atoms with E-state index in [1.165, 1.54) is 30.9 Å². The lowest BCUT2D eigenvalue weighted by molar-refractivity contribution is -0.274. The van der Waals surface area contributed by atoms with E-state index in [0.29, 0.717) is 11.3 Å². The average molecular weight is 532 g/mol. The molecule has 4 rings (SSSR count). The van der Waals surface area contributed by atoms with Crippen molar-refractivity contribution in [3.8, 4) is 18.1 Å². The van der Waals surface area contributed by atoms with Gasteiger partial charge in [0.1, 0.15) is 17.5 Å². The van der Waals surface area contributed by atoms with Gasteiger partial charge in [-0.05, 0) is 50.1 Å². The molecule has 2 aromatic rings. The standard InChI is InChI=1S/C27H25F4N3O4/c1-4-17-13-26(19-10-5-6-11-20(19)33-24(26)37)15-34(17)23(36)21(14-25(2,3)28)32-22(35)16-8-7-9-18(12-16)38-27(29,30)31/h1,5-12,17,21H,13-15H2,2-3H3,(H,32,35)(H,33,37)/t17-,21?,26+/m1/s1. The number of halogens is 4. The Balaban J connectivity index is 1.61. The molecule has 7 nitrogen and oxygen atoms in total. The molecule has 1 unspecified atom stereocenters. The Bertz CT molecular complexity index is 1310. The number of carbonyl (C=O) groups excluding carboxylic acids is 3. The number of alkyl halides is 4. The summed E-state index contributed by atoms with van der Waals surface area (Å²) in [6.07, 6.45) is 0.446. The van der Waals surface area contributed by atoms with Crippen LogP contribution in [0.5, 0.6) is 5.75 Å². The van der Waals surface area contributed by atoms with Gasteiger partial charge >= 0.3 is 6.36 Å². The second-order valence-corrected chi connectivity index (χ2v) is 9.96. The summed E-state index contributed by atoms with van der Waals surface area (Å²) in [5.41, 5.74) is -1.94. The number of hydrogen-bond acceptors (Lipinski definition) is 4. The zero-order chi connectivity index (χ0) is 27.9. The van der Waals surface area contributed by atoms with Crippen molar-refractivity contribution in [2.45, 2.75) is 56.2 Å².